The lowest BCUT2D eigenvalue weighted by Crippen LogP contribution is -1.93. The van der Waals surface area contributed by atoms with Gasteiger partial charge in [-0.25, -0.2) is 9.97 Å². The van der Waals surface area contributed by atoms with Crippen molar-refractivity contribution in [2.24, 2.45) is 0 Å². The first-order chi connectivity index (χ1) is 14.3. The predicted molar refractivity (Wildman–Crippen MR) is 125 cm³/mol. The van der Waals surface area contributed by atoms with Gasteiger partial charge in [-0.05, 0) is 38.2 Å². The third kappa shape index (κ3) is 2.48. The fraction of sp³-hybridized carbons (Fsp3) is 0. The van der Waals surface area contributed by atoms with Crippen LogP contribution in [0.15, 0.2) is 95.7 Å². The van der Waals surface area contributed by atoms with E-state index in [4.69, 9.17) is 4.98 Å². The second kappa shape index (κ2) is 6.36. The number of fused-ring (bicyclic) bond motifs is 6. The second-order valence-corrected chi connectivity index (χ2v) is 7.95. The van der Waals surface area contributed by atoms with E-state index in [1.54, 1.807) is 0 Å². The minimum Gasteiger partial charge on any atom is -0.248 e. The summed E-state index contributed by atoms with van der Waals surface area (Å²) in [7, 11) is 0. The molecule has 2 nitrogen and oxygen atoms in total. The van der Waals surface area contributed by atoms with Gasteiger partial charge in [0.05, 0.1) is 11.2 Å². The molecule has 2 aromatic heterocycles. The molecule has 0 fully saturated rings. The molecule has 2 heterocycles. The third-order valence-electron chi connectivity index (χ3n) is 5.59. The molecule has 0 aliphatic carbocycles. The van der Waals surface area contributed by atoms with Crippen LogP contribution in [0.5, 0.6) is 0 Å². The van der Waals surface area contributed by atoms with Crippen LogP contribution in [-0.4, -0.2) is 9.97 Å². The molecule has 136 valence electrons. The van der Waals surface area contributed by atoms with Gasteiger partial charge in [-0.3, -0.25) is 0 Å². The molecule has 0 bridgehead atoms. The molecule has 6 rings (SSSR count). The van der Waals surface area contributed by atoms with E-state index in [0.717, 1.165) is 37.5 Å². The van der Waals surface area contributed by atoms with E-state index in [1.165, 1.54) is 21.5 Å². The Labute approximate surface area is 176 Å². The van der Waals surface area contributed by atoms with Crippen LogP contribution in [0.25, 0.3) is 54.5 Å². The summed E-state index contributed by atoms with van der Waals surface area (Å²) in [4.78, 5) is 9.71. The summed E-state index contributed by atoms with van der Waals surface area (Å²) in [5, 5.41) is 8.30. The maximum atomic E-state index is 5.10. The van der Waals surface area contributed by atoms with Crippen LogP contribution in [0.2, 0.25) is 0 Å². The lowest BCUT2D eigenvalue weighted by atomic mass is 9.94. The van der Waals surface area contributed by atoms with E-state index in [-0.39, 0.29) is 0 Å². The molecule has 0 amide bonds. The highest BCUT2D eigenvalue weighted by Gasteiger charge is 2.15. The van der Waals surface area contributed by atoms with Crippen molar-refractivity contribution in [3.05, 3.63) is 95.7 Å². The van der Waals surface area contributed by atoms with Crippen LogP contribution in [0, 0.1) is 0 Å². The summed E-state index contributed by atoms with van der Waals surface area (Å²) in [6, 6.07) is 29.7. The van der Waals surface area contributed by atoms with Crippen molar-refractivity contribution >= 4 is 59.2 Å². The molecule has 0 saturated carbocycles. The summed E-state index contributed by atoms with van der Waals surface area (Å²) >= 11 is 3.59. The maximum absolute atomic E-state index is 5.10. The largest absolute Gasteiger partial charge is 0.248 e. The Bertz CT molecular complexity index is 1550. The Morgan fingerprint density at radius 1 is 0.586 bits per heavy atom. The first kappa shape index (κ1) is 16.6. The fourth-order valence-electron chi connectivity index (χ4n) is 4.27. The number of halogens is 1. The molecule has 4 aromatic carbocycles. The van der Waals surface area contributed by atoms with Crippen molar-refractivity contribution in [2.75, 3.05) is 0 Å². The summed E-state index contributed by atoms with van der Waals surface area (Å²) < 4.78 is 0.854. The zero-order chi connectivity index (χ0) is 19.4. The van der Waals surface area contributed by atoms with E-state index in [1.807, 2.05) is 18.3 Å². The van der Waals surface area contributed by atoms with Crippen LogP contribution < -0.4 is 0 Å². The monoisotopic (exact) mass is 434 g/mol. The quantitative estimate of drug-likeness (QED) is 0.197. The molecule has 6 aromatic rings. The van der Waals surface area contributed by atoms with Crippen molar-refractivity contribution in [2.45, 2.75) is 0 Å². The van der Waals surface area contributed by atoms with Crippen molar-refractivity contribution in [1.29, 1.82) is 0 Å². The number of aromatic nitrogens is 2. The minimum absolute atomic E-state index is 0.854. The Balaban J connectivity index is 1.86. The number of pyridine rings is 2. The molecule has 0 aliphatic heterocycles. The lowest BCUT2D eigenvalue weighted by Gasteiger charge is -2.14. The van der Waals surface area contributed by atoms with Crippen LogP contribution in [0.1, 0.15) is 0 Å². The summed E-state index contributed by atoms with van der Waals surface area (Å²) in [6.07, 6.45) is 1.93. The van der Waals surface area contributed by atoms with Gasteiger partial charge in [0, 0.05) is 33.3 Å². The van der Waals surface area contributed by atoms with Gasteiger partial charge in [0.15, 0.2) is 0 Å². The zero-order valence-electron chi connectivity index (χ0n) is 15.4. The summed E-state index contributed by atoms with van der Waals surface area (Å²) in [6.45, 7) is 0. The molecular weight excluding hydrogens is 420 g/mol. The smallest absolute Gasteiger partial charge is 0.113 e. The van der Waals surface area contributed by atoms with E-state index < -0.39 is 0 Å². The summed E-state index contributed by atoms with van der Waals surface area (Å²) in [5.74, 6) is 0. The number of nitrogens with zero attached hydrogens (tertiary/aromatic N) is 2. The topological polar surface area (TPSA) is 25.8 Å². The molecular formula is C26H15BrN2. The highest BCUT2D eigenvalue weighted by atomic mass is 79.9. The molecule has 0 spiro atoms. The van der Waals surface area contributed by atoms with Gasteiger partial charge in [0.2, 0.25) is 0 Å². The van der Waals surface area contributed by atoms with Crippen LogP contribution in [-0.2, 0) is 0 Å². The van der Waals surface area contributed by atoms with Crippen LogP contribution in [0.4, 0.5) is 0 Å². The maximum Gasteiger partial charge on any atom is 0.113 e. The molecule has 3 heteroatoms. The van der Waals surface area contributed by atoms with Gasteiger partial charge >= 0.3 is 0 Å². The Morgan fingerprint density at radius 3 is 2.14 bits per heavy atom. The first-order valence-corrected chi connectivity index (χ1v) is 10.3. The van der Waals surface area contributed by atoms with Gasteiger partial charge in [0.1, 0.15) is 4.60 Å². The van der Waals surface area contributed by atoms with Gasteiger partial charge in [-0.2, -0.15) is 0 Å². The highest BCUT2D eigenvalue weighted by molar-refractivity contribution is 9.10. The zero-order valence-corrected chi connectivity index (χ0v) is 17.0. The standard InChI is InChI=1S/C26H15BrN2/c27-26-19-10-4-3-9-18(19)22(15-28-26)25-21-14-13-16-7-1-2-8-17(16)24(21)20-11-5-6-12-23(20)29-25/h1-15H. The Morgan fingerprint density at radius 2 is 1.28 bits per heavy atom. The van der Waals surface area contributed by atoms with Gasteiger partial charge in [0.25, 0.3) is 0 Å². The molecule has 0 N–H and O–H groups in total. The number of benzene rings is 4. The van der Waals surface area contributed by atoms with Crippen LogP contribution >= 0.6 is 15.9 Å². The fourth-order valence-corrected chi connectivity index (χ4v) is 4.72. The molecule has 29 heavy (non-hydrogen) atoms. The van der Waals surface area contributed by atoms with Crippen molar-refractivity contribution in [3.8, 4) is 11.3 Å². The average molecular weight is 435 g/mol. The minimum atomic E-state index is 0.854. The normalized spacial score (nSPS) is 11.6. The van der Waals surface area contributed by atoms with Gasteiger partial charge < -0.3 is 0 Å². The molecule has 0 atom stereocenters. The van der Waals surface area contributed by atoms with Gasteiger partial charge in [-0.1, -0.05) is 78.9 Å². The van der Waals surface area contributed by atoms with E-state index in [0.29, 0.717) is 0 Å². The van der Waals surface area contributed by atoms with Crippen LogP contribution in [0.3, 0.4) is 0 Å². The Hall–Kier alpha value is -3.30. The van der Waals surface area contributed by atoms with Gasteiger partial charge in [-0.15, -0.1) is 0 Å². The second-order valence-electron chi connectivity index (χ2n) is 7.20. The predicted octanol–water partition coefficient (Wildman–Crippen LogP) is 7.52. The molecule has 0 radical (unpaired) electrons. The highest BCUT2D eigenvalue weighted by Crippen LogP contribution is 2.39. The van der Waals surface area contributed by atoms with E-state index in [2.05, 4.69) is 93.7 Å². The average Bonchev–Trinajstić information content (AvgIpc) is 2.79. The number of hydrogen-bond donors (Lipinski definition) is 0. The number of rotatable bonds is 1. The summed E-state index contributed by atoms with van der Waals surface area (Å²) in [5.41, 5.74) is 3.02. The van der Waals surface area contributed by atoms with E-state index >= 15 is 0 Å². The SMILES string of the molecule is Brc1ncc(-c2nc3ccccc3c3c2ccc2ccccc23)c2ccccc12. The molecule has 0 unspecified atom stereocenters. The first-order valence-electron chi connectivity index (χ1n) is 9.55. The lowest BCUT2D eigenvalue weighted by molar-refractivity contribution is 1.30. The van der Waals surface area contributed by atoms with Crippen molar-refractivity contribution in [3.63, 3.8) is 0 Å². The number of para-hydroxylation sites is 1. The molecule has 0 aliphatic rings. The Kier molecular flexibility index (Phi) is 3.65. The van der Waals surface area contributed by atoms with Crippen molar-refractivity contribution in [1.82, 2.24) is 9.97 Å². The number of hydrogen-bond acceptors (Lipinski definition) is 2. The van der Waals surface area contributed by atoms with Crippen molar-refractivity contribution < 1.29 is 0 Å². The third-order valence-corrected chi connectivity index (χ3v) is 6.22. The molecule has 0 saturated heterocycles. The van der Waals surface area contributed by atoms with E-state index in [9.17, 15) is 0 Å².